The Kier molecular flexibility index (Phi) is 5.33. The molecule has 0 atom stereocenters. The van der Waals surface area contributed by atoms with E-state index in [2.05, 4.69) is 17.1 Å². The van der Waals surface area contributed by atoms with Crippen LogP contribution in [0.4, 0.5) is 0 Å². The second-order valence-electron chi connectivity index (χ2n) is 5.37. The lowest BCUT2D eigenvalue weighted by Crippen LogP contribution is -2.29. The van der Waals surface area contributed by atoms with E-state index in [4.69, 9.17) is 9.94 Å². The number of hydrogen-bond acceptors (Lipinski definition) is 5. The monoisotopic (exact) mass is 290 g/mol. The number of likely N-dealkylation sites (tertiary alicyclic amines) is 1. The van der Waals surface area contributed by atoms with Crippen LogP contribution in [0.1, 0.15) is 36.8 Å². The molecule has 21 heavy (non-hydrogen) atoms. The fourth-order valence-electron chi connectivity index (χ4n) is 2.67. The fraction of sp³-hybridized carbons (Fsp3) is 0.500. The van der Waals surface area contributed by atoms with Crippen LogP contribution in [0.2, 0.25) is 0 Å². The third-order valence-electron chi connectivity index (χ3n) is 3.94. The first-order valence-corrected chi connectivity index (χ1v) is 7.33. The summed E-state index contributed by atoms with van der Waals surface area (Å²) >= 11 is 0. The molecular weight excluding hydrogens is 268 g/mol. The van der Waals surface area contributed by atoms with Crippen LogP contribution in [0.25, 0.3) is 0 Å². The molecule has 2 rings (SSSR count). The van der Waals surface area contributed by atoms with Crippen LogP contribution in [0, 0.1) is 0 Å². The van der Waals surface area contributed by atoms with Crippen LogP contribution < -0.4 is 0 Å². The van der Waals surface area contributed by atoms with Crippen molar-refractivity contribution in [3.63, 3.8) is 0 Å². The van der Waals surface area contributed by atoms with Gasteiger partial charge in [-0.05, 0) is 51.4 Å². The number of rotatable bonds is 4. The Labute approximate surface area is 125 Å². The highest BCUT2D eigenvalue weighted by molar-refractivity contribution is 6.43. The molecule has 0 amide bonds. The molecule has 0 bridgehead atoms. The van der Waals surface area contributed by atoms with Crippen LogP contribution in [0.3, 0.4) is 0 Å². The van der Waals surface area contributed by atoms with Crippen molar-refractivity contribution in [2.24, 2.45) is 5.16 Å². The van der Waals surface area contributed by atoms with E-state index in [0.717, 1.165) is 25.9 Å². The highest BCUT2D eigenvalue weighted by Crippen LogP contribution is 2.27. The normalized spacial score (nSPS) is 17.7. The van der Waals surface area contributed by atoms with Crippen molar-refractivity contribution in [1.29, 1.82) is 0 Å². The number of benzene rings is 1. The first-order valence-electron chi connectivity index (χ1n) is 7.33. The van der Waals surface area contributed by atoms with E-state index >= 15 is 0 Å². The lowest BCUT2D eigenvalue weighted by Gasteiger charge is -2.29. The summed E-state index contributed by atoms with van der Waals surface area (Å²) in [5.74, 6) is -0.0422. The van der Waals surface area contributed by atoms with E-state index in [9.17, 15) is 4.79 Å². The molecule has 1 aliphatic rings. The van der Waals surface area contributed by atoms with Crippen molar-refractivity contribution in [2.75, 3.05) is 26.7 Å². The van der Waals surface area contributed by atoms with E-state index in [-0.39, 0.29) is 12.3 Å². The van der Waals surface area contributed by atoms with Crippen LogP contribution in [0.15, 0.2) is 29.4 Å². The first kappa shape index (κ1) is 15.5. The number of oxime groups is 1. The minimum atomic E-state index is -0.605. The van der Waals surface area contributed by atoms with Gasteiger partial charge in [-0.1, -0.05) is 29.4 Å². The Balaban J connectivity index is 2.09. The molecule has 1 heterocycles. The molecule has 0 aromatic heterocycles. The molecule has 1 aromatic carbocycles. The maximum absolute atomic E-state index is 11.7. The predicted octanol–water partition coefficient (Wildman–Crippen LogP) is 2.24. The molecule has 5 nitrogen and oxygen atoms in total. The van der Waals surface area contributed by atoms with Crippen molar-refractivity contribution in [2.45, 2.75) is 25.7 Å². The second kappa shape index (κ2) is 7.22. The number of hydrogen-bond donors (Lipinski definition) is 1. The standard InChI is InChI=1S/C16H22N2O3/c1-3-21-16(19)15(17-20)14-6-4-12(5-7-14)13-8-10-18(2)11-9-13/h4-7,13,20H,3,8-11H2,1-2H3/b17-15+. The summed E-state index contributed by atoms with van der Waals surface area (Å²) in [7, 11) is 2.14. The molecule has 1 aliphatic heterocycles. The van der Waals surface area contributed by atoms with Gasteiger partial charge in [0, 0.05) is 5.56 Å². The second-order valence-corrected chi connectivity index (χ2v) is 5.37. The highest BCUT2D eigenvalue weighted by Gasteiger charge is 2.20. The van der Waals surface area contributed by atoms with Crippen molar-refractivity contribution >= 4 is 11.7 Å². The van der Waals surface area contributed by atoms with E-state index < -0.39 is 5.97 Å². The smallest absolute Gasteiger partial charge is 0.361 e. The van der Waals surface area contributed by atoms with E-state index in [1.54, 1.807) is 6.92 Å². The summed E-state index contributed by atoms with van der Waals surface area (Å²) < 4.78 is 4.87. The molecular formula is C16H22N2O3. The van der Waals surface area contributed by atoms with E-state index in [0.29, 0.717) is 11.5 Å². The van der Waals surface area contributed by atoms with Gasteiger partial charge in [-0.15, -0.1) is 0 Å². The molecule has 1 fully saturated rings. The van der Waals surface area contributed by atoms with Gasteiger partial charge in [-0.3, -0.25) is 0 Å². The van der Waals surface area contributed by atoms with Crippen LogP contribution >= 0.6 is 0 Å². The van der Waals surface area contributed by atoms with Gasteiger partial charge in [0.05, 0.1) is 6.61 Å². The largest absolute Gasteiger partial charge is 0.461 e. The average molecular weight is 290 g/mol. The SMILES string of the molecule is CCOC(=O)/C(=N/O)c1ccc(C2CCN(C)CC2)cc1. The maximum Gasteiger partial charge on any atom is 0.361 e. The van der Waals surface area contributed by atoms with Gasteiger partial charge in [0.25, 0.3) is 0 Å². The number of nitrogens with zero attached hydrogens (tertiary/aromatic N) is 2. The number of piperidine rings is 1. The molecule has 5 heteroatoms. The Morgan fingerprint density at radius 3 is 2.48 bits per heavy atom. The van der Waals surface area contributed by atoms with Gasteiger partial charge in [0.2, 0.25) is 0 Å². The average Bonchev–Trinajstić information content (AvgIpc) is 2.50. The van der Waals surface area contributed by atoms with Crippen molar-refractivity contribution in [3.8, 4) is 0 Å². The number of carbonyl (C=O) groups is 1. The third-order valence-corrected chi connectivity index (χ3v) is 3.94. The van der Waals surface area contributed by atoms with Gasteiger partial charge in [-0.2, -0.15) is 0 Å². The fourth-order valence-corrected chi connectivity index (χ4v) is 2.67. The third kappa shape index (κ3) is 3.82. The summed E-state index contributed by atoms with van der Waals surface area (Å²) in [6.07, 6.45) is 2.29. The van der Waals surface area contributed by atoms with Gasteiger partial charge in [0.1, 0.15) is 0 Å². The highest BCUT2D eigenvalue weighted by atomic mass is 16.5. The summed E-state index contributed by atoms with van der Waals surface area (Å²) in [6, 6.07) is 7.66. The minimum absolute atomic E-state index is 0.0493. The molecule has 0 unspecified atom stereocenters. The Hall–Kier alpha value is -1.88. The number of carbonyl (C=O) groups excluding carboxylic acids is 1. The zero-order valence-electron chi connectivity index (χ0n) is 12.6. The lowest BCUT2D eigenvalue weighted by molar-refractivity contribution is -0.135. The molecule has 0 aliphatic carbocycles. The zero-order chi connectivity index (χ0) is 15.2. The minimum Gasteiger partial charge on any atom is -0.461 e. The van der Waals surface area contributed by atoms with E-state index in [1.165, 1.54) is 5.56 Å². The Morgan fingerprint density at radius 1 is 1.33 bits per heavy atom. The summed E-state index contributed by atoms with van der Waals surface area (Å²) in [4.78, 5) is 14.0. The van der Waals surface area contributed by atoms with E-state index in [1.807, 2.05) is 24.3 Å². The molecule has 0 saturated carbocycles. The summed E-state index contributed by atoms with van der Waals surface area (Å²) in [5, 5.41) is 12.1. The molecule has 114 valence electrons. The lowest BCUT2D eigenvalue weighted by atomic mass is 9.89. The number of ether oxygens (including phenoxy) is 1. The quantitative estimate of drug-likeness (QED) is 0.400. The van der Waals surface area contributed by atoms with Crippen molar-refractivity contribution in [1.82, 2.24) is 4.90 Å². The topological polar surface area (TPSA) is 62.1 Å². The van der Waals surface area contributed by atoms with Gasteiger partial charge in [-0.25, -0.2) is 4.79 Å². The molecule has 1 N–H and O–H groups in total. The molecule has 0 spiro atoms. The van der Waals surface area contributed by atoms with Gasteiger partial charge < -0.3 is 14.8 Å². The van der Waals surface area contributed by atoms with Crippen LogP contribution in [-0.4, -0.2) is 48.5 Å². The van der Waals surface area contributed by atoms with Crippen LogP contribution in [-0.2, 0) is 9.53 Å². The molecule has 1 saturated heterocycles. The first-order chi connectivity index (χ1) is 10.2. The molecule has 1 aromatic rings. The molecule has 0 radical (unpaired) electrons. The zero-order valence-corrected chi connectivity index (χ0v) is 12.6. The summed E-state index contributed by atoms with van der Waals surface area (Å²) in [5.41, 5.74) is 1.80. The maximum atomic E-state index is 11.7. The van der Waals surface area contributed by atoms with Crippen molar-refractivity contribution in [3.05, 3.63) is 35.4 Å². The van der Waals surface area contributed by atoms with Crippen molar-refractivity contribution < 1.29 is 14.7 Å². The Bertz CT molecular complexity index is 503. The Morgan fingerprint density at radius 2 is 1.95 bits per heavy atom. The summed E-state index contributed by atoms with van der Waals surface area (Å²) in [6.45, 7) is 4.19. The van der Waals surface area contributed by atoms with Crippen LogP contribution in [0.5, 0.6) is 0 Å². The van der Waals surface area contributed by atoms with Gasteiger partial charge >= 0.3 is 5.97 Å². The number of esters is 1. The predicted molar refractivity (Wildman–Crippen MR) is 80.9 cm³/mol. The van der Waals surface area contributed by atoms with Gasteiger partial charge in [0.15, 0.2) is 5.71 Å².